The number of amides is 1. The normalized spacial score (nSPS) is 15.8. The molecule has 0 fully saturated rings. The number of nitrogens with zero attached hydrogens (tertiary/aromatic N) is 5. The van der Waals surface area contributed by atoms with Crippen LogP contribution in [-0.2, 0) is 0 Å². The second-order valence-electron chi connectivity index (χ2n) is 7.35. The lowest BCUT2D eigenvalue weighted by Gasteiger charge is -2.25. The van der Waals surface area contributed by atoms with E-state index in [2.05, 4.69) is 34.3 Å². The zero-order chi connectivity index (χ0) is 20.2. The van der Waals surface area contributed by atoms with Crippen LogP contribution in [0.25, 0.3) is 16.9 Å². The number of unbranched alkanes of at least 4 members (excludes halogenated alkanes) is 1. The second kappa shape index (κ2) is 8.39. The van der Waals surface area contributed by atoms with Gasteiger partial charge >= 0.3 is 0 Å². The fourth-order valence-corrected chi connectivity index (χ4v) is 3.77. The van der Waals surface area contributed by atoms with Crippen LogP contribution < -0.4 is 0 Å². The Labute approximate surface area is 170 Å². The van der Waals surface area contributed by atoms with E-state index < -0.39 is 0 Å². The Bertz CT molecular complexity index is 1030. The third-order valence-corrected chi connectivity index (χ3v) is 5.35. The summed E-state index contributed by atoms with van der Waals surface area (Å²) in [5.41, 5.74) is 3.62. The van der Waals surface area contributed by atoms with Gasteiger partial charge in [-0.25, -0.2) is 4.98 Å². The SMILES string of the molecule is CCCC[C@@H]1C=CCN1C(=O)c1cccc(-c2ccc(-n3cnnc3)nc2C)c1. The van der Waals surface area contributed by atoms with Crippen LogP contribution in [0.15, 0.2) is 61.2 Å². The molecule has 0 saturated heterocycles. The van der Waals surface area contributed by atoms with E-state index in [4.69, 9.17) is 0 Å². The lowest BCUT2D eigenvalue weighted by atomic mass is 10.0. The van der Waals surface area contributed by atoms with Crippen LogP contribution in [0.4, 0.5) is 0 Å². The Balaban J connectivity index is 1.58. The maximum Gasteiger partial charge on any atom is 0.254 e. The van der Waals surface area contributed by atoms with Gasteiger partial charge in [-0.1, -0.05) is 44.1 Å². The van der Waals surface area contributed by atoms with Crippen molar-refractivity contribution in [1.82, 2.24) is 24.6 Å². The van der Waals surface area contributed by atoms with Gasteiger partial charge in [-0.15, -0.1) is 10.2 Å². The topological polar surface area (TPSA) is 63.9 Å². The molecule has 0 spiro atoms. The van der Waals surface area contributed by atoms with Gasteiger partial charge in [0.25, 0.3) is 5.91 Å². The van der Waals surface area contributed by atoms with Gasteiger partial charge < -0.3 is 4.90 Å². The molecule has 1 aliphatic heterocycles. The van der Waals surface area contributed by atoms with Crippen LogP contribution in [0.2, 0.25) is 0 Å². The first-order valence-electron chi connectivity index (χ1n) is 10.1. The fourth-order valence-electron chi connectivity index (χ4n) is 3.77. The molecule has 0 radical (unpaired) electrons. The summed E-state index contributed by atoms with van der Waals surface area (Å²) in [6.07, 6.45) is 10.8. The minimum atomic E-state index is 0.0877. The van der Waals surface area contributed by atoms with Crippen LogP contribution in [-0.4, -0.2) is 43.1 Å². The molecule has 0 saturated carbocycles. The summed E-state index contributed by atoms with van der Waals surface area (Å²) in [6.45, 7) is 4.84. The van der Waals surface area contributed by atoms with Crippen molar-refractivity contribution < 1.29 is 4.79 Å². The summed E-state index contributed by atoms with van der Waals surface area (Å²) >= 11 is 0. The first-order valence-corrected chi connectivity index (χ1v) is 10.1. The Hall–Kier alpha value is -3.28. The third kappa shape index (κ3) is 3.97. The van der Waals surface area contributed by atoms with Gasteiger partial charge in [0.2, 0.25) is 0 Å². The summed E-state index contributed by atoms with van der Waals surface area (Å²) < 4.78 is 1.77. The highest BCUT2D eigenvalue weighted by Crippen LogP contribution is 2.26. The van der Waals surface area contributed by atoms with Crippen LogP contribution in [0.1, 0.15) is 42.2 Å². The van der Waals surface area contributed by atoms with Crippen molar-refractivity contribution in [3.8, 4) is 16.9 Å². The van der Waals surface area contributed by atoms with Crippen LogP contribution in [0, 0.1) is 6.92 Å². The molecule has 1 atom stereocenters. The monoisotopic (exact) mass is 387 g/mol. The maximum atomic E-state index is 13.2. The summed E-state index contributed by atoms with van der Waals surface area (Å²) in [4.78, 5) is 19.8. The first-order chi connectivity index (χ1) is 14.2. The van der Waals surface area contributed by atoms with Crippen molar-refractivity contribution in [3.05, 3.63) is 72.5 Å². The molecule has 3 aromatic rings. The van der Waals surface area contributed by atoms with Crippen molar-refractivity contribution in [2.24, 2.45) is 0 Å². The van der Waals surface area contributed by atoms with Gasteiger partial charge in [-0.05, 0) is 43.2 Å². The van der Waals surface area contributed by atoms with Gasteiger partial charge in [-0.3, -0.25) is 9.36 Å². The minimum absolute atomic E-state index is 0.0877. The molecule has 0 N–H and O–H groups in total. The van der Waals surface area contributed by atoms with E-state index in [1.165, 1.54) is 0 Å². The van der Waals surface area contributed by atoms with E-state index in [1.54, 1.807) is 17.2 Å². The molecule has 148 valence electrons. The number of hydrogen-bond acceptors (Lipinski definition) is 4. The predicted molar refractivity (Wildman–Crippen MR) is 113 cm³/mol. The highest BCUT2D eigenvalue weighted by Gasteiger charge is 2.25. The number of rotatable bonds is 6. The third-order valence-electron chi connectivity index (χ3n) is 5.35. The highest BCUT2D eigenvalue weighted by molar-refractivity contribution is 5.96. The number of carbonyl (C=O) groups excluding carboxylic acids is 1. The van der Waals surface area contributed by atoms with E-state index >= 15 is 0 Å². The van der Waals surface area contributed by atoms with Gasteiger partial charge in [-0.2, -0.15) is 0 Å². The average molecular weight is 387 g/mol. The molecule has 29 heavy (non-hydrogen) atoms. The number of hydrogen-bond donors (Lipinski definition) is 0. The fraction of sp³-hybridized carbons (Fsp3) is 0.304. The second-order valence-corrected chi connectivity index (χ2v) is 7.35. The van der Waals surface area contributed by atoms with E-state index in [1.807, 2.05) is 48.2 Å². The molecule has 6 nitrogen and oxygen atoms in total. The van der Waals surface area contributed by atoms with Crippen LogP contribution in [0.3, 0.4) is 0 Å². The molecule has 3 heterocycles. The van der Waals surface area contributed by atoms with Gasteiger partial charge in [0, 0.05) is 23.4 Å². The summed E-state index contributed by atoms with van der Waals surface area (Å²) in [5, 5.41) is 7.66. The Morgan fingerprint density at radius 2 is 2.00 bits per heavy atom. The van der Waals surface area contributed by atoms with Crippen molar-refractivity contribution in [1.29, 1.82) is 0 Å². The molecule has 1 amide bonds. The minimum Gasteiger partial charge on any atom is -0.328 e. The largest absolute Gasteiger partial charge is 0.328 e. The standard InChI is InChI=1S/C23H25N5O/c1-3-4-9-20-10-6-13-28(20)23(29)19-8-5-7-18(14-19)21-11-12-22(26-17(21)2)27-15-24-25-16-27/h5-8,10-12,14-16,20H,3-4,9,13H2,1-2H3/t20-/m1/s1. The van der Waals surface area contributed by atoms with Crippen molar-refractivity contribution in [2.45, 2.75) is 39.2 Å². The molecular weight excluding hydrogens is 362 g/mol. The summed E-state index contributed by atoms with van der Waals surface area (Å²) in [5.74, 6) is 0.857. The molecule has 6 heteroatoms. The lowest BCUT2D eigenvalue weighted by Crippen LogP contribution is -2.36. The van der Waals surface area contributed by atoms with E-state index in [0.717, 1.165) is 47.5 Å². The average Bonchev–Trinajstić information content (AvgIpc) is 3.44. The molecule has 1 aromatic carbocycles. The number of aryl methyl sites for hydroxylation is 1. The molecule has 0 bridgehead atoms. The predicted octanol–water partition coefficient (Wildman–Crippen LogP) is 4.21. The first kappa shape index (κ1) is 19.1. The van der Waals surface area contributed by atoms with E-state index in [9.17, 15) is 4.79 Å². The molecule has 0 unspecified atom stereocenters. The lowest BCUT2D eigenvalue weighted by molar-refractivity contribution is 0.0743. The molecule has 0 aliphatic carbocycles. The van der Waals surface area contributed by atoms with Gasteiger partial charge in [0.05, 0.1) is 6.04 Å². The summed E-state index contributed by atoms with van der Waals surface area (Å²) in [7, 11) is 0. The maximum absolute atomic E-state index is 13.2. The molecule has 2 aromatic heterocycles. The number of carbonyl (C=O) groups is 1. The highest BCUT2D eigenvalue weighted by atomic mass is 16.2. The number of pyridine rings is 1. The van der Waals surface area contributed by atoms with Gasteiger partial charge in [0.1, 0.15) is 18.5 Å². The van der Waals surface area contributed by atoms with E-state index in [-0.39, 0.29) is 11.9 Å². The van der Waals surface area contributed by atoms with Gasteiger partial charge in [0.15, 0.2) is 0 Å². The Morgan fingerprint density at radius 1 is 1.17 bits per heavy atom. The smallest absolute Gasteiger partial charge is 0.254 e. The molecular formula is C23H25N5O. The van der Waals surface area contributed by atoms with Crippen molar-refractivity contribution >= 4 is 5.91 Å². The zero-order valence-corrected chi connectivity index (χ0v) is 16.8. The number of benzene rings is 1. The van der Waals surface area contributed by atoms with E-state index in [0.29, 0.717) is 6.54 Å². The van der Waals surface area contributed by atoms with Crippen LogP contribution >= 0.6 is 0 Å². The van der Waals surface area contributed by atoms with Crippen molar-refractivity contribution in [3.63, 3.8) is 0 Å². The quantitative estimate of drug-likeness (QED) is 0.595. The van der Waals surface area contributed by atoms with Crippen molar-refractivity contribution in [2.75, 3.05) is 6.54 Å². The summed E-state index contributed by atoms with van der Waals surface area (Å²) in [6, 6.07) is 12.0. The Morgan fingerprint density at radius 3 is 2.76 bits per heavy atom. The zero-order valence-electron chi connectivity index (χ0n) is 16.8. The number of aromatic nitrogens is 4. The Kier molecular flexibility index (Phi) is 5.51. The van der Waals surface area contributed by atoms with Crippen LogP contribution in [0.5, 0.6) is 0 Å². The molecule has 4 rings (SSSR count). The molecule has 1 aliphatic rings.